The van der Waals surface area contributed by atoms with Gasteiger partial charge in [-0.25, -0.2) is 9.48 Å². The van der Waals surface area contributed by atoms with E-state index in [0.717, 1.165) is 5.69 Å². The normalized spacial score (nSPS) is 11.9. The molecule has 1 atom stereocenters. The van der Waals surface area contributed by atoms with E-state index in [-0.39, 0.29) is 18.7 Å². The van der Waals surface area contributed by atoms with Crippen LogP contribution in [0.5, 0.6) is 0 Å². The number of nitrogens with one attached hydrogen (secondary N) is 2. The average Bonchev–Trinajstić information content (AvgIpc) is 2.88. The molecule has 0 spiro atoms. The highest BCUT2D eigenvalue weighted by Crippen LogP contribution is 2.09. The fraction of sp³-hybridized carbons (Fsp3) is 0.231. The van der Waals surface area contributed by atoms with Crippen LogP contribution in [0, 0.1) is 0 Å². The molecule has 6 nitrogen and oxygen atoms in total. The Balaban J connectivity index is 2.00. The molecule has 0 aliphatic carbocycles. The van der Waals surface area contributed by atoms with E-state index in [4.69, 9.17) is 5.11 Å². The molecule has 1 aromatic heterocycles. The first-order chi connectivity index (χ1) is 9.19. The van der Waals surface area contributed by atoms with Gasteiger partial charge in [-0.05, 0) is 19.1 Å². The van der Waals surface area contributed by atoms with E-state index in [0.29, 0.717) is 5.82 Å². The number of aromatic nitrogens is 2. The van der Waals surface area contributed by atoms with E-state index >= 15 is 0 Å². The van der Waals surface area contributed by atoms with Gasteiger partial charge in [0.1, 0.15) is 0 Å². The van der Waals surface area contributed by atoms with E-state index in [2.05, 4.69) is 15.7 Å². The highest BCUT2D eigenvalue weighted by Gasteiger charge is 2.08. The van der Waals surface area contributed by atoms with E-state index in [1.165, 1.54) is 0 Å². The molecule has 1 heterocycles. The minimum Gasteiger partial charge on any atom is -0.394 e. The zero-order valence-corrected chi connectivity index (χ0v) is 10.6. The van der Waals surface area contributed by atoms with Gasteiger partial charge in [-0.2, -0.15) is 0 Å². The van der Waals surface area contributed by atoms with Crippen molar-refractivity contribution in [2.75, 3.05) is 11.9 Å². The minimum absolute atomic E-state index is 0.105. The van der Waals surface area contributed by atoms with Crippen LogP contribution in [0.15, 0.2) is 42.6 Å². The Morgan fingerprint density at radius 1 is 1.37 bits per heavy atom. The van der Waals surface area contributed by atoms with Crippen molar-refractivity contribution in [1.29, 1.82) is 0 Å². The van der Waals surface area contributed by atoms with Gasteiger partial charge in [0.05, 0.1) is 18.3 Å². The second-order valence-corrected chi connectivity index (χ2v) is 4.16. The Kier molecular flexibility index (Phi) is 4.15. The fourth-order valence-electron chi connectivity index (χ4n) is 1.54. The van der Waals surface area contributed by atoms with Crippen LogP contribution in [0.3, 0.4) is 0 Å². The summed E-state index contributed by atoms with van der Waals surface area (Å²) >= 11 is 0. The molecular weight excluding hydrogens is 244 g/mol. The summed E-state index contributed by atoms with van der Waals surface area (Å²) in [5.41, 5.74) is 0.916. The van der Waals surface area contributed by atoms with Gasteiger partial charge >= 0.3 is 6.03 Å². The van der Waals surface area contributed by atoms with Gasteiger partial charge in [0.15, 0.2) is 5.82 Å². The van der Waals surface area contributed by atoms with Crippen molar-refractivity contribution in [2.24, 2.45) is 0 Å². The number of urea groups is 1. The average molecular weight is 260 g/mol. The van der Waals surface area contributed by atoms with Crippen LogP contribution < -0.4 is 10.6 Å². The van der Waals surface area contributed by atoms with Crippen LogP contribution in [-0.2, 0) is 0 Å². The predicted octanol–water partition coefficient (Wildman–Crippen LogP) is 1.37. The van der Waals surface area contributed by atoms with Gasteiger partial charge < -0.3 is 10.4 Å². The molecule has 0 unspecified atom stereocenters. The molecule has 1 aromatic carbocycles. The number of benzene rings is 1. The molecule has 0 radical (unpaired) electrons. The Morgan fingerprint density at radius 3 is 2.79 bits per heavy atom. The quantitative estimate of drug-likeness (QED) is 0.777. The van der Waals surface area contributed by atoms with Crippen molar-refractivity contribution in [3.8, 4) is 5.69 Å². The molecule has 2 aromatic rings. The Labute approximate surface area is 111 Å². The number of para-hydroxylation sites is 1. The molecule has 100 valence electrons. The standard InChI is InChI=1S/C13H16N4O2/c1-10(9-18)14-13(19)15-12-7-8-17(16-12)11-5-3-2-4-6-11/h2-8,10,18H,9H2,1H3,(H2,14,15,16,19)/t10-/m0/s1. The number of carbonyl (C=O) groups excluding carboxylic acids is 1. The second kappa shape index (κ2) is 6.01. The molecule has 0 aliphatic heterocycles. The Bertz CT molecular complexity index is 539. The Morgan fingerprint density at radius 2 is 2.11 bits per heavy atom. The molecule has 0 saturated heterocycles. The van der Waals surface area contributed by atoms with Crippen LogP contribution in [0.2, 0.25) is 0 Å². The van der Waals surface area contributed by atoms with Crippen molar-refractivity contribution in [2.45, 2.75) is 13.0 Å². The summed E-state index contributed by atoms with van der Waals surface area (Å²) in [6.45, 7) is 1.61. The molecule has 0 aliphatic rings. The van der Waals surface area contributed by atoms with E-state index in [9.17, 15) is 4.79 Å². The van der Waals surface area contributed by atoms with Crippen LogP contribution in [0.4, 0.5) is 10.6 Å². The van der Waals surface area contributed by atoms with Crippen LogP contribution in [0.25, 0.3) is 5.69 Å². The minimum atomic E-state index is -0.389. The van der Waals surface area contributed by atoms with Crippen LogP contribution >= 0.6 is 0 Å². The Hall–Kier alpha value is -2.34. The van der Waals surface area contributed by atoms with Gasteiger partial charge in [0, 0.05) is 12.3 Å². The molecule has 2 rings (SSSR count). The summed E-state index contributed by atoms with van der Waals surface area (Å²) in [5, 5.41) is 18.3. The molecule has 6 heteroatoms. The molecule has 0 fully saturated rings. The lowest BCUT2D eigenvalue weighted by Gasteiger charge is -2.10. The smallest absolute Gasteiger partial charge is 0.320 e. The van der Waals surface area contributed by atoms with Gasteiger partial charge in [-0.1, -0.05) is 18.2 Å². The van der Waals surface area contributed by atoms with Gasteiger partial charge in [-0.15, -0.1) is 5.10 Å². The van der Waals surface area contributed by atoms with Gasteiger partial charge in [-0.3, -0.25) is 5.32 Å². The van der Waals surface area contributed by atoms with E-state index < -0.39 is 0 Å². The summed E-state index contributed by atoms with van der Waals surface area (Å²) in [6.07, 6.45) is 1.76. The van der Waals surface area contributed by atoms with Crippen molar-refractivity contribution in [3.63, 3.8) is 0 Å². The van der Waals surface area contributed by atoms with Crippen molar-refractivity contribution in [1.82, 2.24) is 15.1 Å². The highest BCUT2D eigenvalue weighted by atomic mass is 16.3. The molecule has 0 bridgehead atoms. The lowest BCUT2D eigenvalue weighted by Crippen LogP contribution is -2.38. The fourth-order valence-corrected chi connectivity index (χ4v) is 1.54. The SMILES string of the molecule is C[C@@H](CO)NC(=O)Nc1ccn(-c2ccccc2)n1. The number of amides is 2. The topological polar surface area (TPSA) is 79.2 Å². The third-order valence-corrected chi connectivity index (χ3v) is 2.50. The summed E-state index contributed by atoms with van der Waals surface area (Å²) in [6, 6.07) is 10.6. The number of aliphatic hydroxyl groups excluding tert-OH is 1. The van der Waals surface area contributed by atoms with E-state index in [1.807, 2.05) is 30.3 Å². The molecule has 3 N–H and O–H groups in total. The lowest BCUT2D eigenvalue weighted by atomic mass is 10.3. The summed E-state index contributed by atoms with van der Waals surface area (Å²) in [4.78, 5) is 11.5. The zero-order valence-electron chi connectivity index (χ0n) is 10.6. The molecule has 0 saturated carbocycles. The van der Waals surface area contributed by atoms with Crippen LogP contribution in [-0.4, -0.2) is 33.6 Å². The maximum atomic E-state index is 11.5. The van der Waals surface area contributed by atoms with Crippen molar-refractivity contribution < 1.29 is 9.90 Å². The first-order valence-electron chi connectivity index (χ1n) is 5.98. The maximum Gasteiger partial charge on any atom is 0.320 e. The highest BCUT2D eigenvalue weighted by molar-refractivity contribution is 5.88. The summed E-state index contributed by atoms with van der Waals surface area (Å²) < 4.78 is 1.67. The number of aliphatic hydroxyl groups is 1. The maximum absolute atomic E-state index is 11.5. The van der Waals surface area contributed by atoms with E-state index in [1.54, 1.807) is 23.9 Å². The summed E-state index contributed by atoms with van der Waals surface area (Å²) in [7, 11) is 0. The predicted molar refractivity (Wildman–Crippen MR) is 72.3 cm³/mol. The zero-order chi connectivity index (χ0) is 13.7. The van der Waals surface area contributed by atoms with Crippen molar-refractivity contribution in [3.05, 3.63) is 42.6 Å². The number of nitrogens with zero attached hydrogens (tertiary/aromatic N) is 2. The number of hydrogen-bond acceptors (Lipinski definition) is 3. The first-order valence-corrected chi connectivity index (χ1v) is 5.98. The monoisotopic (exact) mass is 260 g/mol. The third-order valence-electron chi connectivity index (χ3n) is 2.50. The lowest BCUT2D eigenvalue weighted by molar-refractivity contribution is 0.229. The molecule has 2 amide bonds. The van der Waals surface area contributed by atoms with Gasteiger partial charge in [0.2, 0.25) is 0 Å². The molecule has 19 heavy (non-hydrogen) atoms. The summed E-state index contributed by atoms with van der Waals surface area (Å²) in [5.74, 6) is 0.450. The van der Waals surface area contributed by atoms with Crippen LogP contribution in [0.1, 0.15) is 6.92 Å². The number of hydrogen-bond donors (Lipinski definition) is 3. The number of carbonyl (C=O) groups is 1. The third kappa shape index (κ3) is 3.56. The number of rotatable bonds is 4. The van der Waals surface area contributed by atoms with Crippen molar-refractivity contribution >= 4 is 11.8 Å². The van der Waals surface area contributed by atoms with Gasteiger partial charge in [0.25, 0.3) is 0 Å². The largest absolute Gasteiger partial charge is 0.394 e. The second-order valence-electron chi connectivity index (χ2n) is 4.16. The molecular formula is C13H16N4O2. The number of anilines is 1. The first kappa shape index (κ1) is 13.1.